The molecule has 0 aromatic rings. The minimum Gasteiger partial charge on any atom is -0.314 e. The quantitative estimate of drug-likeness (QED) is 0.632. The maximum atomic E-state index is 11.5. The molecule has 1 heterocycles. The number of hydrogen-bond acceptors (Lipinski definition) is 5. The van der Waals surface area contributed by atoms with Gasteiger partial charge in [0, 0.05) is 26.2 Å². The Morgan fingerprint density at radius 3 is 2.50 bits per heavy atom. The van der Waals surface area contributed by atoms with Gasteiger partial charge >= 0.3 is 0 Å². The largest absolute Gasteiger partial charge is 0.314 e. The topological polar surface area (TPSA) is 78.5 Å². The smallest absolute Gasteiger partial charge is 0.247 e. The molecular formula is C9H17N3O3S. The third kappa shape index (κ3) is 3.16. The number of nitrogens with one attached hydrogen (secondary N) is 2. The van der Waals surface area contributed by atoms with E-state index in [0.29, 0.717) is 12.8 Å². The van der Waals surface area contributed by atoms with E-state index in [2.05, 4.69) is 10.0 Å². The van der Waals surface area contributed by atoms with Gasteiger partial charge in [0.25, 0.3) is 0 Å². The Bertz CT molecular complexity index is 358. The van der Waals surface area contributed by atoms with Crippen molar-refractivity contribution in [2.75, 3.05) is 32.7 Å². The zero-order valence-electron chi connectivity index (χ0n) is 9.11. The van der Waals surface area contributed by atoms with Crippen molar-refractivity contribution in [3.05, 3.63) is 0 Å². The molecule has 2 N–H and O–H groups in total. The molecule has 0 atom stereocenters. The van der Waals surface area contributed by atoms with Crippen molar-refractivity contribution in [2.45, 2.75) is 18.1 Å². The van der Waals surface area contributed by atoms with Crippen LogP contribution in [-0.4, -0.2) is 57.2 Å². The van der Waals surface area contributed by atoms with Crippen LogP contribution in [0.3, 0.4) is 0 Å². The second-order valence-corrected chi connectivity index (χ2v) is 6.26. The first-order valence-corrected chi connectivity index (χ1v) is 7.10. The maximum absolute atomic E-state index is 11.5. The minimum absolute atomic E-state index is 0.174. The first-order chi connectivity index (χ1) is 7.58. The van der Waals surface area contributed by atoms with Gasteiger partial charge in [-0.25, -0.2) is 8.42 Å². The number of hydrogen-bond donors (Lipinski definition) is 2. The fourth-order valence-corrected chi connectivity index (χ4v) is 3.03. The van der Waals surface area contributed by atoms with Gasteiger partial charge < -0.3 is 5.32 Å². The fraction of sp³-hybridized carbons (Fsp3) is 0.889. The molecule has 16 heavy (non-hydrogen) atoms. The van der Waals surface area contributed by atoms with Crippen LogP contribution in [0.2, 0.25) is 0 Å². The SMILES string of the molecule is O=C(CN1CCNCC1)NS(=O)(=O)C1CC1. The van der Waals surface area contributed by atoms with Crippen LogP contribution in [0.4, 0.5) is 0 Å². The van der Waals surface area contributed by atoms with Crippen LogP contribution in [0.5, 0.6) is 0 Å². The lowest BCUT2D eigenvalue weighted by Crippen LogP contribution is -2.48. The highest BCUT2D eigenvalue weighted by Gasteiger charge is 2.36. The second-order valence-electron chi connectivity index (χ2n) is 4.30. The molecule has 1 saturated heterocycles. The van der Waals surface area contributed by atoms with E-state index in [0.717, 1.165) is 26.2 Å². The molecule has 2 fully saturated rings. The zero-order chi connectivity index (χ0) is 11.6. The summed E-state index contributed by atoms with van der Waals surface area (Å²) in [7, 11) is -3.38. The van der Waals surface area contributed by atoms with Crippen molar-refractivity contribution in [2.24, 2.45) is 0 Å². The van der Waals surface area contributed by atoms with Gasteiger partial charge in [-0.15, -0.1) is 0 Å². The average Bonchev–Trinajstić information content (AvgIpc) is 3.01. The maximum Gasteiger partial charge on any atom is 0.247 e. The van der Waals surface area contributed by atoms with Crippen LogP contribution in [0.15, 0.2) is 0 Å². The summed E-state index contributed by atoms with van der Waals surface area (Å²) in [5, 5.41) is 2.84. The summed E-state index contributed by atoms with van der Waals surface area (Å²) in [4.78, 5) is 13.5. The number of carbonyl (C=O) groups excluding carboxylic acids is 1. The number of carbonyl (C=O) groups is 1. The Kier molecular flexibility index (Phi) is 3.46. The van der Waals surface area contributed by atoms with Gasteiger partial charge in [-0.3, -0.25) is 14.4 Å². The highest BCUT2D eigenvalue weighted by Crippen LogP contribution is 2.27. The first-order valence-electron chi connectivity index (χ1n) is 5.55. The van der Waals surface area contributed by atoms with E-state index < -0.39 is 15.9 Å². The predicted molar refractivity (Wildman–Crippen MR) is 59.4 cm³/mol. The van der Waals surface area contributed by atoms with Crippen molar-refractivity contribution >= 4 is 15.9 Å². The standard InChI is InChI=1S/C9H17N3O3S/c13-9(7-12-5-3-10-4-6-12)11-16(14,15)8-1-2-8/h8,10H,1-7H2,(H,11,13). The molecule has 1 aliphatic carbocycles. The highest BCUT2D eigenvalue weighted by molar-refractivity contribution is 7.90. The molecule has 0 radical (unpaired) electrons. The lowest BCUT2D eigenvalue weighted by molar-refractivity contribution is -0.120. The van der Waals surface area contributed by atoms with Crippen LogP contribution >= 0.6 is 0 Å². The van der Waals surface area contributed by atoms with Gasteiger partial charge in [0.1, 0.15) is 0 Å². The fourth-order valence-electron chi connectivity index (χ4n) is 1.72. The third-order valence-corrected chi connectivity index (χ3v) is 4.66. The zero-order valence-corrected chi connectivity index (χ0v) is 9.92. The Morgan fingerprint density at radius 2 is 1.94 bits per heavy atom. The van der Waals surface area contributed by atoms with Gasteiger partial charge in [0.15, 0.2) is 0 Å². The Labute approximate surface area is 95.4 Å². The van der Waals surface area contributed by atoms with Gasteiger partial charge in [-0.05, 0) is 12.8 Å². The number of amides is 1. The van der Waals surface area contributed by atoms with Crippen molar-refractivity contribution < 1.29 is 13.2 Å². The first kappa shape index (κ1) is 11.8. The molecule has 0 aromatic carbocycles. The highest BCUT2D eigenvalue weighted by atomic mass is 32.2. The Balaban J connectivity index is 1.79. The second kappa shape index (κ2) is 4.68. The van der Waals surface area contributed by atoms with Gasteiger partial charge in [0.05, 0.1) is 11.8 Å². The molecule has 1 amide bonds. The molecule has 0 unspecified atom stereocenters. The summed E-state index contributed by atoms with van der Waals surface area (Å²) < 4.78 is 25.1. The Morgan fingerprint density at radius 1 is 1.31 bits per heavy atom. The van der Waals surface area contributed by atoms with E-state index in [1.54, 1.807) is 0 Å². The van der Waals surface area contributed by atoms with Crippen molar-refractivity contribution in [1.82, 2.24) is 14.9 Å². The molecule has 7 heteroatoms. The Hall–Kier alpha value is -0.660. The van der Waals surface area contributed by atoms with Gasteiger partial charge in [-0.1, -0.05) is 0 Å². The summed E-state index contributed by atoms with van der Waals surface area (Å²) in [5.41, 5.74) is 0. The molecule has 6 nitrogen and oxygen atoms in total. The normalized spacial score (nSPS) is 23.0. The number of piperazine rings is 1. The van der Waals surface area contributed by atoms with Crippen molar-refractivity contribution in [3.8, 4) is 0 Å². The molecule has 0 aromatic heterocycles. The monoisotopic (exact) mass is 247 g/mol. The van der Waals surface area contributed by atoms with E-state index in [1.807, 2.05) is 4.90 Å². The summed E-state index contributed by atoms with van der Waals surface area (Å²) in [5.74, 6) is -0.409. The molecule has 2 rings (SSSR count). The van der Waals surface area contributed by atoms with E-state index in [9.17, 15) is 13.2 Å². The van der Waals surface area contributed by atoms with Crippen LogP contribution in [0, 0.1) is 0 Å². The minimum atomic E-state index is -3.38. The number of sulfonamides is 1. The average molecular weight is 247 g/mol. The van der Waals surface area contributed by atoms with Gasteiger partial charge in [0.2, 0.25) is 15.9 Å². The van der Waals surface area contributed by atoms with Crippen LogP contribution in [-0.2, 0) is 14.8 Å². The van der Waals surface area contributed by atoms with Crippen molar-refractivity contribution in [1.29, 1.82) is 0 Å². The number of rotatable bonds is 4. The third-order valence-electron chi connectivity index (χ3n) is 2.80. The van der Waals surface area contributed by atoms with Crippen molar-refractivity contribution in [3.63, 3.8) is 0 Å². The molecule has 92 valence electrons. The van der Waals surface area contributed by atoms with Crippen LogP contribution in [0.1, 0.15) is 12.8 Å². The van der Waals surface area contributed by atoms with E-state index in [1.165, 1.54) is 0 Å². The summed E-state index contributed by atoms with van der Waals surface area (Å²) in [6, 6.07) is 0. The summed E-state index contributed by atoms with van der Waals surface area (Å²) in [6.45, 7) is 3.45. The van der Waals surface area contributed by atoms with Gasteiger partial charge in [-0.2, -0.15) is 0 Å². The van der Waals surface area contributed by atoms with E-state index in [-0.39, 0.29) is 11.8 Å². The molecule has 2 aliphatic rings. The van der Waals surface area contributed by atoms with Crippen LogP contribution < -0.4 is 10.0 Å². The van der Waals surface area contributed by atoms with Crippen LogP contribution in [0.25, 0.3) is 0 Å². The summed E-state index contributed by atoms with van der Waals surface area (Å²) >= 11 is 0. The predicted octanol–water partition coefficient (Wildman–Crippen LogP) is -1.50. The molecule has 1 saturated carbocycles. The van der Waals surface area contributed by atoms with E-state index >= 15 is 0 Å². The molecule has 1 aliphatic heterocycles. The lowest BCUT2D eigenvalue weighted by Gasteiger charge is -2.26. The summed E-state index contributed by atoms with van der Waals surface area (Å²) in [6.07, 6.45) is 1.35. The van der Waals surface area contributed by atoms with E-state index in [4.69, 9.17) is 0 Å². The molecule has 0 spiro atoms. The lowest BCUT2D eigenvalue weighted by atomic mass is 10.3. The number of nitrogens with zero attached hydrogens (tertiary/aromatic N) is 1. The molecule has 0 bridgehead atoms. The molecular weight excluding hydrogens is 230 g/mol.